The molecule has 1 fully saturated rings. The smallest absolute Gasteiger partial charge is 0.193 e. The highest BCUT2D eigenvalue weighted by Crippen LogP contribution is 2.28. The molecule has 0 amide bonds. The molecule has 4 nitrogen and oxygen atoms in total. The van der Waals surface area contributed by atoms with Gasteiger partial charge in [0.1, 0.15) is 5.75 Å². The molecule has 20 heavy (non-hydrogen) atoms. The lowest BCUT2D eigenvalue weighted by molar-refractivity contribution is 0.369. The molecular weight excluding hydrogens is 250 g/mol. The van der Waals surface area contributed by atoms with Gasteiger partial charge in [-0.25, -0.2) is 0 Å². The predicted octanol–water partition coefficient (Wildman–Crippen LogP) is 2.50. The predicted molar refractivity (Wildman–Crippen MR) is 83.2 cm³/mol. The maximum atomic E-state index is 5.38. The number of methoxy groups -OCH3 is 1. The number of ether oxygens (including phenoxy) is 1. The normalized spacial score (nSPS) is 18.2. The Bertz CT molecular complexity index is 482. The number of benzene rings is 1. The van der Waals surface area contributed by atoms with Gasteiger partial charge in [0.25, 0.3) is 0 Å². The Kier molecular flexibility index (Phi) is 4.53. The second-order valence-corrected chi connectivity index (χ2v) is 6.05. The minimum atomic E-state index is 0.377. The number of nitrogens with one attached hydrogen (secondary N) is 1. The fourth-order valence-corrected chi connectivity index (χ4v) is 2.65. The van der Waals surface area contributed by atoms with Gasteiger partial charge in [0.05, 0.1) is 7.11 Å². The van der Waals surface area contributed by atoms with Crippen molar-refractivity contribution in [1.29, 1.82) is 0 Å². The van der Waals surface area contributed by atoms with E-state index in [1.54, 1.807) is 7.11 Å². The quantitative estimate of drug-likeness (QED) is 0.680. The number of hydrogen-bond donors (Lipinski definition) is 1. The van der Waals surface area contributed by atoms with E-state index in [0.29, 0.717) is 5.41 Å². The molecule has 0 radical (unpaired) electrons. The van der Waals surface area contributed by atoms with Crippen LogP contribution in [0.2, 0.25) is 0 Å². The number of nitrogens with zero attached hydrogens (tertiary/aromatic N) is 2. The molecule has 1 heterocycles. The van der Waals surface area contributed by atoms with E-state index in [9.17, 15) is 0 Å². The maximum Gasteiger partial charge on any atom is 0.193 e. The molecule has 1 aliphatic heterocycles. The summed E-state index contributed by atoms with van der Waals surface area (Å²) in [5, 5.41) is 3.44. The Morgan fingerprint density at radius 2 is 2.15 bits per heavy atom. The van der Waals surface area contributed by atoms with Crippen molar-refractivity contribution in [3.8, 4) is 5.75 Å². The van der Waals surface area contributed by atoms with Crippen LogP contribution >= 0.6 is 0 Å². The summed E-state index contributed by atoms with van der Waals surface area (Å²) in [4.78, 5) is 6.73. The topological polar surface area (TPSA) is 36.9 Å². The van der Waals surface area contributed by atoms with Gasteiger partial charge in [-0.15, -0.1) is 0 Å². The summed E-state index contributed by atoms with van der Waals surface area (Å²) in [6.45, 7) is 7.46. The first-order valence-corrected chi connectivity index (χ1v) is 7.13. The van der Waals surface area contributed by atoms with Crippen LogP contribution < -0.4 is 10.1 Å². The second-order valence-electron chi connectivity index (χ2n) is 6.05. The van der Waals surface area contributed by atoms with E-state index in [0.717, 1.165) is 36.9 Å². The number of likely N-dealkylation sites (tertiary alicyclic amines) is 1. The van der Waals surface area contributed by atoms with Gasteiger partial charge < -0.3 is 15.0 Å². The molecule has 4 heteroatoms. The standard InChI is InChI=1S/C16H25N3O/c1-16(2)9-10-19(12-16)15(17-3)18-11-13-7-5-6-8-14(13)20-4/h5-8H,9-12H2,1-4H3,(H,17,18). The molecule has 0 saturated carbocycles. The zero-order valence-corrected chi connectivity index (χ0v) is 12.9. The summed E-state index contributed by atoms with van der Waals surface area (Å²) in [6, 6.07) is 8.08. The van der Waals surface area contributed by atoms with Gasteiger partial charge in [-0.2, -0.15) is 0 Å². The minimum Gasteiger partial charge on any atom is -0.496 e. The van der Waals surface area contributed by atoms with Crippen molar-refractivity contribution in [1.82, 2.24) is 10.2 Å². The van der Waals surface area contributed by atoms with Crippen molar-refractivity contribution in [2.45, 2.75) is 26.8 Å². The average Bonchev–Trinajstić information content (AvgIpc) is 2.80. The summed E-state index contributed by atoms with van der Waals surface area (Å²) in [7, 11) is 3.55. The van der Waals surface area contributed by atoms with Gasteiger partial charge in [-0.1, -0.05) is 32.0 Å². The molecule has 0 aliphatic carbocycles. The Morgan fingerprint density at radius 3 is 2.75 bits per heavy atom. The highest BCUT2D eigenvalue weighted by molar-refractivity contribution is 5.80. The largest absolute Gasteiger partial charge is 0.496 e. The first-order valence-electron chi connectivity index (χ1n) is 7.13. The van der Waals surface area contributed by atoms with Gasteiger partial charge in [-0.05, 0) is 17.9 Å². The highest BCUT2D eigenvalue weighted by atomic mass is 16.5. The molecule has 0 atom stereocenters. The zero-order chi connectivity index (χ0) is 14.6. The molecule has 1 aromatic carbocycles. The first-order chi connectivity index (χ1) is 9.55. The van der Waals surface area contributed by atoms with Crippen molar-refractivity contribution in [2.24, 2.45) is 10.4 Å². The van der Waals surface area contributed by atoms with E-state index in [2.05, 4.69) is 35.1 Å². The zero-order valence-electron chi connectivity index (χ0n) is 12.9. The van der Waals surface area contributed by atoms with E-state index >= 15 is 0 Å². The van der Waals surface area contributed by atoms with E-state index in [-0.39, 0.29) is 0 Å². The maximum absolute atomic E-state index is 5.38. The molecular formula is C16H25N3O. The van der Waals surface area contributed by atoms with Gasteiger partial charge in [0.2, 0.25) is 0 Å². The third kappa shape index (κ3) is 3.44. The Morgan fingerprint density at radius 1 is 1.40 bits per heavy atom. The number of guanidine groups is 1. The number of para-hydroxylation sites is 1. The van der Waals surface area contributed by atoms with Gasteiger partial charge in [0, 0.05) is 32.2 Å². The fourth-order valence-electron chi connectivity index (χ4n) is 2.65. The van der Waals surface area contributed by atoms with Crippen LogP contribution in [0.1, 0.15) is 25.8 Å². The van der Waals surface area contributed by atoms with Gasteiger partial charge in [-0.3, -0.25) is 4.99 Å². The highest BCUT2D eigenvalue weighted by Gasteiger charge is 2.30. The third-order valence-electron chi connectivity index (χ3n) is 3.82. The van der Waals surface area contributed by atoms with Crippen LogP contribution in [0.15, 0.2) is 29.3 Å². The Balaban J connectivity index is 1.98. The molecule has 0 unspecified atom stereocenters. The fraction of sp³-hybridized carbons (Fsp3) is 0.562. The van der Waals surface area contributed by atoms with Crippen LogP contribution in [-0.4, -0.2) is 38.1 Å². The molecule has 0 bridgehead atoms. The number of rotatable bonds is 3. The van der Waals surface area contributed by atoms with E-state index < -0.39 is 0 Å². The van der Waals surface area contributed by atoms with Crippen molar-refractivity contribution >= 4 is 5.96 Å². The number of aliphatic imine (C=N–C) groups is 1. The summed E-state index contributed by atoms with van der Waals surface area (Å²) < 4.78 is 5.38. The number of hydrogen-bond acceptors (Lipinski definition) is 2. The van der Waals surface area contributed by atoms with Crippen LogP contribution in [0.3, 0.4) is 0 Å². The molecule has 1 saturated heterocycles. The summed E-state index contributed by atoms with van der Waals surface area (Å²) >= 11 is 0. The van der Waals surface area contributed by atoms with E-state index in [1.807, 2.05) is 25.2 Å². The summed E-state index contributed by atoms with van der Waals surface area (Å²) in [5.74, 6) is 1.89. The average molecular weight is 275 g/mol. The van der Waals surface area contributed by atoms with Gasteiger partial charge in [0.15, 0.2) is 5.96 Å². The lowest BCUT2D eigenvalue weighted by Crippen LogP contribution is -2.40. The first kappa shape index (κ1) is 14.7. The Hall–Kier alpha value is -1.71. The molecule has 110 valence electrons. The van der Waals surface area contributed by atoms with E-state index in [1.165, 1.54) is 6.42 Å². The lowest BCUT2D eigenvalue weighted by Gasteiger charge is -2.24. The Labute approximate surface area is 121 Å². The van der Waals surface area contributed by atoms with Crippen LogP contribution in [0.5, 0.6) is 5.75 Å². The molecule has 1 aromatic rings. The van der Waals surface area contributed by atoms with Crippen LogP contribution in [-0.2, 0) is 6.54 Å². The monoisotopic (exact) mass is 275 g/mol. The molecule has 1 aliphatic rings. The second kappa shape index (κ2) is 6.16. The molecule has 1 N–H and O–H groups in total. The summed E-state index contributed by atoms with van der Waals surface area (Å²) in [5.41, 5.74) is 1.52. The van der Waals surface area contributed by atoms with Crippen molar-refractivity contribution in [2.75, 3.05) is 27.2 Å². The third-order valence-corrected chi connectivity index (χ3v) is 3.82. The molecule has 0 spiro atoms. The van der Waals surface area contributed by atoms with Crippen molar-refractivity contribution in [3.05, 3.63) is 29.8 Å². The lowest BCUT2D eigenvalue weighted by atomic mass is 9.93. The van der Waals surface area contributed by atoms with E-state index in [4.69, 9.17) is 4.74 Å². The van der Waals surface area contributed by atoms with Crippen LogP contribution in [0.4, 0.5) is 0 Å². The van der Waals surface area contributed by atoms with Crippen molar-refractivity contribution < 1.29 is 4.74 Å². The summed E-state index contributed by atoms with van der Waals surface area (Å²) in [6.07, 6.45) is 1.21. The van der Waals surface area contributed by atoms with Crippen LogP contribution in [0.25, 0.3) is 0 Å². The van der Waals surface area contributed by atoms with Gasteiger partial charge >= 0.3 is 0 Å². The van der Waals surface area contributed by atoms with Crippen molar-refractivity contribution in [3.63, 3.8) is 0 Å². The minimum absolute atomic E-state index is 0.377. The molecule has 2 rings (SSSR count). The molecule has 0 aromatic heterocycles. The SMILES string of the molecule is CN=C(NCc1ccccc1OC)N1CCC(C)(C)C1. The van der Waals surface area contributed by atoms with Crippen LogP contribution in [0, 0.1) is 5.41 Å².